The Hall–Kier alpha value is -2.12. The summed E-state index contributed by atoms with van der Waals surface area (Å²) < 4.78 is 16.9. The van der Waals surface area contributed by atoms with E-state index in [9.17, 15) is 24.3 Å². The lowest BCUT2D eigenvalue weighted by atomic mass is 9.43. The summed E-state index contributed by atoms with van der Waals surface area (Å²) >= 11 is 0. The molecule has 4 rings (SSSR count). The van der Waals surface area contributed by atoms with Gasteiger partial charge in [0.05, 0.1) is 0 Å². The number of fused-ring (bicyclic) bond motifs is 5. The van der Waals surface area contributed by atoms with Crippen molar-refractivity contribution in [2.24, 2.45) is 46.3 Å². The van der Waals surface area contributed by atoms with Crippen LogP contribution in [0.15, 0.2) is 0 Å². The molecule has 4 aliphatic carbocycles. The largest absolute Gasteiger partial charge is 0.550 e. The first-order chi connectivity index (χ1) is 16.7. The summed E-state index contributed by atoms with van der Waals surface area (Å²) in [5, 5.41) is 11.1. The van der Waals surface area contributed by atoms with Crippen molar-refractivity contribution in [2.75, 3.05) is 0 Å². The Morgan fingerprint density at radius 3 is 2.34 bits per heavy atom. The molecule has 1 unspecified atom stereocenters. The maximum Gasteiger partial charge on any atom is 0.293 e. The molecule has 196 valence electrons. The molecule has 4 saturated carbocycles. The van der Waals surface area contributed by atoms with Gasteiger partial charge in [0.1, 0.15) is 18.3 Å². The maximum absolute atomic E-state index is 11.7. The van der Waals surface area contributed by atoms with Crippen LogP contribution in [0.25, 0.3) is 0 Å². The SMILES string of the molecule is C[C@H](CCC(=O)[O-])C1CC[C@H]2[C@@H]3[C@H](OC=O)C[C@@H]4C[C@H](OC=O)CC[C@]4(C)[C@H]3C[C@H](OC=O)[C@]12C. The second-order valence-electron chi connectivity index (χ2n) is 12.0. The first-order valence-electron chi connectivity index (χ1n) is 13.2. The highest BCUT2D eigenvalue weighted by Crippen LogP contribution is 2.69. The van der Waals surface area contributed by atoms with Crippen molar-refractivity contribution in [1.82, 2.24) is 0 Å². The fourth-order valence-electron chi connectivity index (χ4n) is 9.29. The topological polar surface area (TPSA) is 119 Å². The van der Waals surface area contributed by atoms with E-state index in [0.717, 1.165) is 38.5 Å². The van der Waals surface area contributed by atoms with Gasteiger partial charge in [-0.3, -0.25) is 14.4 Å². The monoisotopic (exact) mass is 491 g/mol. The molecule has 0 spiro atoms. The molecular weight excluding hydrogens is 452 g/mol. The molecule has 0 saturated heterocycles. The molecule has 0 amide bonds. The Morgan fingerprint density at radius 1 is 0.971 bits per heavy atom. The van der Waals surface area contributed by atoms with Crippen LogP contribution in [0.2, 0.25) is 0 Å². The molecule has 0 aromatic heterocycles. The van der Waals surface area contributed by atoms with Gasteiger partial charge in [-0.25, -0.2) is 0 Å². The maximum atomic E-state index is 11.7. The molecule has 4 aliphatic rings. The lowest BCUT2D eigenvalue weighted by Crippen LogP contribution is -2.63. The quantitative estimate of drug-likeness (QED) is 0.338. The fraction of sp³-hybridized carbons (Fsp3) is 0.852. The molecule has 8 heteroatoms. The summed E-state index contributed by atoms with van der Waals surface area (Å²) in [6.07, 6.45) is 5.70. The van der Waals surface area contributed by atoms with Crippen molar-refractivity contribution in [2.45, 2.75) is 96.9 Å². The van der Waals surface area contributed by atoms with Gasteiger partial charge in [-0.2, -0.15) is 0 Å². The number of ether oxygens (including phenoxy) is 3. The highest BCUT2D eigenvalue weighted by atomic mass is 16.5. The van der Waals surface area contributed by atoms with E-state index >= 15 is 0 Å². The van der Waals surface area contributed by atoms with E-state index in [1.54, 1.807) is 0 Å². The second-order valence-corrected chi connectivity index (χ2v) is 12.0. The molecule has 0 bridgehead atoms. The number of carboxylic acid groups (broad SMARTS) is 1. The van der Waals surface area contributed by atoms with Crippen LogP contribution in [0.4, 0.5) is 0 Å². The number of rotatable bonds is 10. The van der Waals surface area contributed by atoms with Crippen molar-refractivity contribution < 1.29 is 38.5 Å². The van der Waals surface area contributed by atoms with Crippen molar-refractivity contribution in [1.29, 1.82) is 0 Å². The number of carbonyl (C=O) groups is 4. The van der Waals surface area contributed by atoms with Crippen molar-refractivity contribution in [3.05, 3.63) is 0 Å². The van der Waals surface area contributed by atoms with Crippen LogP contribution in [-0.4, -0.2) is 43.7 Å². The Labute approximate surface area is 207 Å². The molecule has 0 radical (unpaired) electrons. The first kappa shape index (κ1) is 26.0. The molecule has 0 aromatic rings. The number of carbonyl (C=O) groups excluding carboxylic acids is 4. The molecule has 4 fully saturated rings. The Kier molecular flexibility index (Phi) is 7.49. The molecule has 11 atom stereocenters. The van der Waals surface area contributed by atoms with Gasteiger partial charge in [0.25, 0.3) is 19.4 Å². The van der Waals surface area contributed by atoms with Gasteiger partial charge >= 0.3 is 0 Å². The minimum absolute atomic E-state index is 0.0182. The van der Waals surface area contributed by atoms with Gasteiger partial charge in [-0.15, -0.1) is 0 Å². The number of carboxylic acids is 1. The number of aliphatic carboxylic acids is 1. The average molecular weight is 492 g/mol. The van der Waals surface area contributed by atoms with Crippen LogP contribution < -0.4 is 5.11 Å². The number of hydrogen-bond donors (Lipinski definition) is 0. The zero-order chi connectivity index (χ0) is 25.4. The van der Waals surface area contributed by atoms with Crippen LogP contribution in [0.1, 0.15) is 78.6 Å². The van der Waals surface area contributed by atoms with Crippen LogP contribution in [0.3, 0.4) is 0 Å². The van der Waals surface area contributed by atoms with Gasteiger partial charge in [0.15, 0.2) is 0 Å². The van der Waals surface area contributed by atoms with E-state index in [2.05, 4.69) is 20.8 Å². The summed E-state index contributed by atoms with van der Waals surface area (Å²) in [6, 6.07) is 0. The zero-order valence-electron chi connectivity index (χ0n) is 21.1. The third-order valence-electron chi connectivity index (χ3n) is 10.9. The van der Waals surface area contributed by atoms with E-state index in [1.165, 1.54) is 0 Å². The van der Waals surface area contributed by atoms with Crippen LogP contribution in [-0.2, 0) is 33.4 Å². The first-order valence-corrected chi connectivity index (χ1v) is 13.2. The normalized spacial score (nSPS) is 45.1. The summed E-state index contributed by atoms with van der Waals surface area (Å²) in [4.78, 5) is 45.4. The van der Waals surface area contributed by atoms with E-state index in [4.69, 9.17) is 14.2 Å². The molecule has 0 aromatic carbocycles. The van der Waals surface area contributed by atoms with Crippen molar-refractivity contribution in [3.63, 3.8) is 0 Å². The van der Waals surface area contributed by atoms with Crippen LogP contribution in [0.5, 0.6) is 0 Å². The number of hydrogen-bond acceptors (Lipinski definition) is 8. The summed E-state index contributed by atoms with van der Waals surface area (Å²) in [7, 11) is 0. The summed E-state index contributed by atoms with van der Waals surface area (Å²) in [5.41, 5.74) is -0.348. The second kappa shape index (κ2) is 10.1. The van der Waals surface area contributed by atoms with Crippen LogP contribution >= 0.6 is 0 Å². The minimum atomic E-state index is -1.04. The molecule has 0 heterocycles. The van der Waals surface area contributed by atoms with Crippen LogP contribution in [0, 0.1) is 46.3 Å². The highest BCUT2D eigenvalue weighted by Gasteiger charge is 2.67. The fourth-order valence-corrected chi connectivity index (χ4v) is 9.29. The third-order valence-corrected chi connectivity index (χ3v) is 10.9. The van der Waals surface area contributed by atoms with Gasteiger partial charge in [-0.1, -0.05) is 20.8 Å². The molecule has 0 N–H and O–H groups in total. The highest BCUT2D eigenvalue weighted by molar-refractivity contribution is 5.64. The average Bonchev–Trinajstić information content (AvgIpc) is 3.17. The van der Waals surface area contributed by atoms with Gasteiger partial charge in [-0.05, 0) is 92.8 Å². The molecule has 35 heavy (non-hydrogen) atoms. The summed E-state index contributed by atoms with van der Waals surface area (Å²) in [5.74, 6) is 0.118. The van der Waals surface area contributed by atoms with Gasteiger partial charge in [0, 0.05) is 17.3 Å². The van der Waals surface area contributed by atoms with Crippen molar-refractivity contribution in [3.8, 4) is 0 Å². The standard InChI is InChI=1S/C27H40O8/c1-16(4-7-24(31)32)19-5-6-20-25-21(12-23(35-15-30)27(19,20)3)26(2)9-8-18(33-13-28)10-17(26)11-22(25)34-14-29/h13-23,25H,4-12H2,1-3H3,(H,31,32)/p-1/t16-,17+,18-,19?,20+,21+,22-,23+,25+,26+,27-/m1/s1. The Morgan fingerprint density at radius 2 is 1.69 bits per heavy atom. The van der Waals surface area contributed by atoms with Gasteiger partial charge in [0.2, 0.25) is 0 Å². The third kappa shape index (κ3) is 4.35. The Bertz CT molecular complexity index is 815. The lowest BCUT2D eigenvalue weighted by molar-refractivity contribution is -0.306. The Balaban J connectivity index is 1.68. The van der Waals surface area contributed by atoms with E-state index < -0.39 is 5.97 Å². The van der Waals surface area contributed by atoms with E-state index in [0.29, 0.717) is 32.3 Å². The predicted octanol–water partition coefficient (Wildman–Crippen LogP) is 2.66. The van der Waals surface area contributed by atoms with Crippen molar-refractivity contribution >= 4 is 25.4 Å². The minimum Gasteiger partial charge on any atom is -0.550 e. The van der Waals surface area contributed by atoms with E-state index in [-0.39, 0.29) is 71.1 Å². The lowest BCUT2D eigenvalue weighted by Gasteiger charge is -2.64. The molecule has 8 nitrogen and oxygen atoms in total. The zero-order valence-corrected chi connectivity index (χ0v) is 21.1. The van der Waals surface area contributed by atoms with E-state index in [1.807, 2.05) is 0 Å². The predicted molar refractivity (Wildman–Crippen MR) is 122 cm³/mol. The van der Waals surface area contributed by atoms with Gasteiger partial charge < -0.3 is 24.1 Å². The smallest absolute Gasteiger partial charge is 0.293 e. The molecular formula is C27H39O8-. The molecule has 0 aliphatic heterocycles. The summed E-state index contributed by atoms with van der Waals surface area (Å²) in [6.45, 7) is 8.27.